The molecule has 2 aromatic carbocycles. The molecule has 0 bridgehead atoms. The molecule has 1 aliphatic rings. The first-order chi connectivity index (χ1) is 9.25. The maximum absolute atomic E-state index is 12.3. The minimum absolute atomic E-state index is 0.160. The number of ketones is 1. The molecule has 0 radical (unpaired) electrons. The van der Waals surface area contributed by atoms with Crippen molar-refractivity contribution in [3.63, 3.8) is 0 Å². The summed E-state index contributed by atoms with van der Waals surface area (Å²) in [5.41, 5.74) is 1.38. The molecule has 94 valence electrons. The lowest BCUT2D eigenvalue weighted by Crippen LogP contribution is -2.38. The monoisotopic (exact) mass is 269 g/mol. The van der Waals surface area contributed by atoms with E-state index < -0.39 is 6.04 Å². The van der Waals surface area contributed by atoms with Gasteiger partial charge in [0.1, 0.15) is 0 Å². The average molecular weight is 269 g/mol. The fraction of sp³-hybridized carbons (Fsp3) is 0.0667. The van der Waals surface area contributed by atoms with E-state index in [4.69, 9.17) is 0 Å². The van der Waals surface area contributed by atoms with Gasteiger partial charge in [-0.15, -0.1) is 0 Å². The van der Waals surface area contributed by atoms with Crippen molar-refractivity contribution >= 4 is 28.3 Å². The summed E-state index contributed by atoms with van der Waals surface area (Å²) in [5.74, 6) is -0.187. The number of rotatable bonds is 2. The van der Waals surface area contributed by atoms with Crippen molar-refractivity contribution in [2.75, 3.05) is 5.32 Å². The van der Waals surface area contributed by atoms with Gasteiger partial charge in [-0.2, -0.15) is 0 Å². The van der Waals surface area contributed by atoms with E-state index in [1.165, 1.54) is 0 Å². The van der Waals surface area contributed by atoms with Gasteiger partial charge in [0.25, 0.3) is 0 Å². The lowest BCUT2D eigenvalue weighted by atomic mass is 10.0. The third-order valence-corrected chi connectivity index (χ3v) is 3.97. The molecule has 2 aromatic rings. The average Bonchev–Trinajstić information content (AvgIpc) is 2.47. The summed E-state index contributed by atoms with van der Waals surface area (Å²) < 4.78 is 0. The van der Waals surface area contributed by atoms with E-state index in [1.807, 2.05) is 30.3 Å². The Hall–Kier alpha value is -2.07. The maximum Gasteiger partial charge on any atom is 0.224 e. The Balaban J connectivity index is 1.91. The molecule has 0 fully saturated rings. The Kier molecular flexibility index (Phi) is 3.09. The summed E-state index contributed by atoms with van der Waals surface area (Å²) in [4.78, 5) is 25.2. The van der Waals surface area contributed by atoms with Crippen LogP contribution in [0.2, 0.25) is 0 Å². The number of para-hydroxylation sites is 1. The van der Waals surface area contributed by atoms with Crippen LogP contribution in [0.15, 0.2) is 59.5 Å². The maximum atomic E-state index is 12.3. The molecule has 1 heterocycles. The molecule has 1 aliphatic heterocycles. The highest BCUT2D eigenvalue weighted by molar-refractivity contribution is 8.14. The van der Waals surface area contributed by atoms with E-state index in [0.717, 1.165) is 22.3 Å². The van der Waals surface area contributed by atoms with Crippen molar-refractivity contribution in [3.05, 3.63) is 60.2 Å². The van der Waals surface area contributed by atoms with Crippen LogP contribution in [0.4, 0.5) is 5.69 Å². The van der Waals surface area contributed by atoms with Crippen molar-refractivity contribution in [3.8, 4) is 0 Å². The zero-order chi connectivity index (χ0) is 13.2. The van der Waals surface area contributed by atoms with E-state index in [-0.39, 0.29) is 10.9 Å². The van der Waals surface area contributed by atoms with Crippen molar-refractivity contribution < 1.29 is 9.59 Å². The number of nitrogens with one attached hydrogen (secondary N) is 1. The lowest BCUT2D eigenvalue weighted by Gasteiger charge is -2.24. The molecule has 19 heavy (non-hydrogen) atoms. The van der Waals surface area contributed by atoms with Crippen LogP contribution in [0.5, 0.6) is 0 Å². The van der Waals surface area contributed by atoms with E-state index >= 15 is 0 Å². The molecule has 0 saturated carbocycles. The van der Waals surface area contributed by atoms with Crippen LogP contribution < -0.4 is 5.32 Å². The van der Waals surface area contributed by atoms with Gasteiger partial charge < -0.3 is 5.32 Å². The second-order valence-electron chi connectivity index (χ2n) is 4.22. The van der Waals surface area contributed by atoms with Gasteiger partial charge in [-0.3, -0.25) is 9.59 Å². The van der Waals surface area contributed by atoms with Gasteiger partial charge in [0.05, 0.1) is 0 Å². The van der Waals surface area contributed by atoms with Gasteiger partial charge in [-0.05, 0) is 23.9 Å². The number of thioether (sulfide) groups is 1. The standard InChI is InChI=1S/C15H11NO2S/c17-14(10-6-2-1-3-7-10)13-15(18)19-12-9-5-4-8-11(12)16-13/h1-9,13,16H/t13-/m0/s1. The smallest absolute Gasteiger partial charge is 0.224 e. The zero-order valence-electron chi connectivity index (χ0n) is 10.00. The van der Waals surface area contributed by atoms with E-state index in [0.29, 0.717) is 5.56 Å². The molecule has 0 aromatic heterocycles. The lowest BCUT2D eigenvalue weighted by molar-refractivity contribution is -0.110. The minimum atomic E-state index is -0.803. The van der Waals surface area contributed by atoms with Gasteiger partial charge in [0.2, 0.25) is 5.12 Å². The molecule has 0 unspecified atom stereocenters. The highest BCUT2D eigenvalue weighted by Crippen LogP contribution is 2.34. The first-order valence-corrected chi connectivity index (χ1v) is 6.74. The Morgan fingerprint density at radius 1 is 1.00 bits per heavy atom. The van der Waals surface area contributed by atoms with Crippen LogP contribution in [0.25, 0.3) is 0 Å². The molecule has 1 N–H and O–H groups in total. The predicted molar refractivity (Wildman–Crippen MR) is 75.5 cm³/mol. The van der Waals surface area contributed by atoms with Crippen molar-refractivity contribution in [2.45, 2.75) is 10.9 Å². The quantitative estimate of drug-likeness (QED) is 0.672. The summed E-state index contributed by atoms with van der Waals surface area (Å²) in [6, 6.07) is 15.6. The first-order valence-electron chi connectivity index (χ1n) is 5.92. The molecule has 3 rings (SSSR count). The Morgan fingerprint density at radius 2 is 1.68 bits per heavy atom. The van der Waals surface area contributed by atoms with Gasteiger partial charge in [0.15, 0.2) is 11.8 Å². The number of anilines is 1. The zero-order valence-corrected chi connectivity index (χ0v) is 10.8. The number of benzene rings is 2. The molecule has 0 saturated heterocycles. The van der Waals surface area contributed by atoms with Crippen molar-refractivity contribution in [2.24, 2.45) is 0 Å². The van der Waals surface area contributed by atoms with Crippen LogP contribution in [0.3, 0.4) is 0 Å². The summed E-state index contributed by atoms with van der Waals surface area (Å²) in [6.07, 6.45) is 0. The number of carbonyl (C=O) groups excluding carboxylic acids is 2. The third-order valence-electron chi connectivity index (χ3n) is 2.95. The number of Topliss-reactive ketones (excluding diaryl/α,β-unsaturated/α-hetero) is 1. The SMILES string of the molecule is O=C1Sc2ccccc2N[C@H]1C(=O)c1ccccc1. The second kappa shape index (κ2) is 4.90. The van der Waals surface area contributed by atoms with E-state index in [1.54, 1.807) is 24.3 Å². The van der Waals surface area contributed by atoms with Crippen LogP contribution in [-0.4, -0.2) is 16.9 Å². The molecule has 1 atom stereocenters. The Morgan fingerprint density at radius 3 is 2.47 bits per heavy atom. The summed E-state index contributed by atoms with van der Waals surface area (Å²) in [5, 5.41) is 2.87. The summed E-state index contributed by atoms with van der Waals surface area (Å²) >= 11 is 1.12. The molecular formula is C15H11NO2S. The fourth-order valence-electron chi connectivity index (χ4n) is 2.00. The van der Waals surface area contributed by atoms with Gasteiger partial charge in [0, 0.05) is 16.1 Å². The summed E-state index contributed by atoms with van der Waals surface area (Å²) in [6.45, 7) is 0. The van der Waals surface area contributed by atoms with Crippen LogP contribution in [0.1, 0.15) is 10.4 Å². The number of hydrogen-bond acceptors (Lipinski definition) is 4. The topological polar surface area (TPSA) is 46.2 Å². The molecule has 3 nitrogen and oxygen atoms in total. The minimum Gasteiger partial charge on any atom is -0.367 e. The van der Waals surface area contributed by atoms with Crippen LogP contribution in [-0.2, 0) is 4.79 Å². The van der Waals surface area contributed by atoms with Crippen LogP contribution >= 0.6 is 11.8 Å². The normalized spacial score (nSPS) is 17.5. The molecular weight excluding hydrogens is 258 g/mol. The number of carbonyl (C=O) groups is 2. The highest BCUT2D eigenvalue weighted by Gasteiger charge is 2.32. The summed E-state index contributed by atoms with van der Waals surface area (Å²) in [7, 11) is 0. The highest BCUT2D eigenvalue weighted by atomic mass is 32.2. The fourth-order valence-corrected chi connectivity index (χ4v) is 2.88. The first kappa shape index (κ1) is 12.0. The molecule has 0 amide bonds. The van der Waals surface area contributed by atoms with Gasteiger partial charge >= 0.3 is 0 Å². The van der Waals surface area contributed by atoms with E-state index in [9.17, 15) is 9.59 Å². The number of fused-ring (bicyclic) bond motifs is 1. The Labute approximate surface area is 115 Å². The largest absolute Gasteiger partial charge is 0.367 e. The molecule has 0 aliphatic carbocycles. The van der Waals surface area contributed by atoms with Crippen molar-refractivity contribution in [1.29, 1.82) is 0 Å². The molecule has 4 heteroatoms. The van der Waals surface area contributed by atoms with E-state index in [2.05, 4.69) is 5.32 Å². The van der Waals surface area contributed by atoms with Gasteiger partial charge in [-0.25, -0.2) is 0 Å². The van der Waals surface area contributed by atoms with Crippen LogP contribution in [0, 0.1) is 0 Å². The number of hydrogen-bond donors (Lipinski definition) is 1. The third kappa shape index (κ3) is 2.27. The Bertz CT molecular complexity index is 640. The van der Waals surface area contributed by atoms with Crippen molar-refractivity contribution in [1.82, 2.24) is 0 Å². The predicted octanol–water partition coefficient (Wildman–Crippen LogP) is 2.98. The second-order valence-corrected chi connectivity index (χ2v) is 5.27. The van der Waals surface area contributed by atoms with Gasteiger partial charge in [-0.1, -0.05) is 42.5 Å². The molecule has 0 spiro atoms.